The molecular weight excluding hydrogens is 210 g/mol. The number of nitrogens with zero attached hydrogens (tertiary/aromatic N) is 3. The van der Waals surface area contributed by atoms with Gasteiger partial charge in [-0.2, -0.15) is 0 Å². The van der Waals surface area contributed by atoms with Crippen molar-refractivity contribution in [2.45, 2.75) is 38.6 Å². The van der Waals surface area contributed by atoms with Gasteiger partial charge in [0, 0.05) is 6.04 Å². The highest BCUT2D eigenvalue weighted by Crippen LogP contribution is 2.33. The Kier molecular flexibility index (Phi) is 3.07. The van der Waals surface area contributed by atoms with Gasteiger partial charge < -0.3 is 9.84 Å². The molecule has 0 bridgehead atoms. The van der Waals surface area contributed by atoms with Crippen molar-refractivity contribution in [1.29, 1.82) is 0 Å². The number of aromatic nitrogens is 3. The lowest BCUT2D eigenvalue weighted by atomic mass is 10.2. The van der Waals surface area contributed by atoms with Gasteiger partial charge in [0.05, 0.1) is 6.61 Å². The van der Waals surface area contributed by atoms with E-state index in [0.717, 1.165) is 25.7 Å². The van der Waals surface area contributed by atoms with Gasteiger partial charge in [-0.3, -0.25) is 4.57 Å². The maximum atomic E-state index is 11.0. The SMILES string of the molecule is CCOc1nnc(C(=O)O)n1C1CCCC1. The summed E-state index contributed by atoms with van der Waals surface area (Å²) in [5.41, 5.74) is 0. The first-order chi connectivity index (χ1) is 7.74. The summed E-state index contributed by atoms with van der Waals surface area (Å²) in [4.78, 5) is 11.0. The maximum absolute atomic E-state index is 11.0. The molecule has 1 saturated carbocycles. The van der Waals surface area contributed by atoms with Crippen molar-refractivity contribution >= 4 is 5.97 Å². The van der Waals surface area contributed by atoms with Gasteiger partial charge in [-0.15, -0.1) is 5.10 Å². The van der Waals surface area contributed by atoms with Gasteiger partial charge in [-0.1, -0.05) is 17.9 Å². The summed E-state index contributed by atoms with van der Waals surface area (Å²) in [6, 6.07) is 0.495. The van der Waals surface area contributed by atoms with Crippen molar-refractivity contribution in [3.05, 3.63) is 5.82 Å². The number of carboxylic acids is 1. The molecule has 6 nitrogen and oxygen atoms in total. The zero-order valence-electron chi connectivity index (χ0n) is 9.22. The Bertz CT molecular complexity index is 383. The van der Waals surface area contributed by atoms with E-state index in [-0.39, 0.29) is 11.9 Å². The van der Waals surface area contributed by atoms with Gasteiger partial charge in [0.2, 0.25) is 5.82 Å². The summed E-state index contributed by atoms with van der Waals surface area (Å²) < 4.78 is 6.93. The van der Waals surface area contributed by atoms with Crippen molar-refractivity contribution in [1.82, 2.24) is 14.8 Å². The van der Waals surface area contributed by atoms with Crippen molar-refractivity contribution in [2.24, 2.45) is 0 Å². The van der Waals surface area contributed by atoms with Gasteiger partial charge in [0.1, 0.15) is 0 Å². The Morgan fingerprint density at radius 3 is 2.75 bits per heavy atom. The summed E-state index contributed by atoms with van der Waals surface area (Å²) in [5.74, 6) is -1.07. The highest BCUT2D eigenvalue weighted by Gasteiger charge is 2.27. The van der Waals surface area contributed by atoms with E-state index >= 15 is 0 Å². The van der Waals surface area contributed by atoms with Gasteiger partial charge in [-0.05, 0) is 19.8 Å². The third-order valence-electron chi connectivity index (χ3n) is 2.82. The fourth-order valence-electron chi connectivity index (χ4n) is 2.14. The topological polar surface area (TPSA) is 77.2 Å². The Balaban J connectivity index is 2.35. The Morgan fingerprint density at radius 2 is 2.19 bits per heavy atom. The average Bonchev–Trinajstić information content (AvgIpc) is 2.84. The molecule has 1 heterocycles. The molecule has 0 unspecified atom stereocenters. The summed E-state index contributed by atoms with van der Waals surface area (Å²) in [6.07, 6.45) is 4.18. The van der Waals surface area contributed by atoms with Crippen LogP contribution in [0.1, 0.15) is 49.3 Å². The highest BCUT2D eigenvalue weighted by molar-refractivity contribution is 5.83. The lowest BCUT2D eigenvalue weighted by Gasteiger charge is -2.14. The molecule has 6 heteroatoms. The molecular formula is C10H15N3O3. The van der Waals surface area contributed by atoms with Gasteiger partial charge in [0.25, 0.3) is 0 Å². The molecule has 1 aliphatic rings. The van der Waals surface area contributed by atoms with Crippen LogP contribution in [0, 0.1) is 0 Å². The van der Waals surface area contributed by atoms with Crippen LogP contribution in [0.25, 0.3) is 0 Å². The van der Waals surface area contributed by atoms with E-state index in [1.165, 1.54) is 0 Å². The number of ether oxygens (including phenoxy) is 1. The monoisotopic (exact) mass is 225 g/mol. The maximum Gasteiger partial charge on any atom is 0.374 e. The molecule has 0 aliphatic heterocycles. The first-order valence-corrected chi connectivity index (χ1v) is 5.55. The molecule has 0 atom stereocenters. The molecule has 1 aromatic rings. The largest absolute Gasteiger partial charge is 0.475 e. The van der Waals surface area contributed by atoms with Crippen molar-refractivity contribution in [3.8, 4) is 6.01 Å². The molecule has 0 amide bonds. The standard InChI is InChI=1S/C10H15N3O3/c1-2-16-10-12-11-8(9(14)15)13(10)7-5-3-4-6-7/h7H,2-6H2,1H3,(H,14,15). The van der Waals surface area contributed by atoms with E-state index in [1.54, 1.807) is 4.57 Å². The third kappa shape index (κ3) is 1.87. The van der Waals surface area contributed by atoms with E-state index in [9.17, 15) is 4.79 Å². The molecule has 0 aromatic carbocycles. The summed E-state index contributed by atoms with van der Waals surface area (Å²) in [5, 5.41) is 16.5. The average molecular weight is 225 g/mol. The molecule has 16 heavy (non-hydrogen) atoms. The van der Waals surface area contributed by atoms with Gasteiger partial charge in [-0.25, -0.2) is 4.79 Å². The number of hydrogen-bond acceptors (Lipinski definition) is 4. The predicted molar refractivity (Wildman–Crippen MR) is 55.7 cm³/mol. The Hall–Kier alpha value is -1.59. The fourth-order valence-corrected chi connectivity index (χ4v) is 2.14. The highest BCUT2D eigenvalue weighted by atomic mass is 16.5. The summed E-state index contributed by atoms with van der Waals surface area (Å²) in [6.45, 7) is 2.30. The first-order valence-electron chi connectivity index (χ1n) is 5.55. The first kappa shape index (κ1) is 10.9. The van der Waals surface area contributed by atoms with E-state index < -0.39 is 5.97 Å². The smallest absolute Gasteiger partial charge is 0.374 e. The molecule has 2 rings (SSSR count). The van der Waals surface area contributed by atoms with Crippen LogP contribution in [0.15, 0.2) is 0 Å². The minimum absolute atomic E-state index is 0.0182. The second kappa shape index (κ2) is 4.51. The number of carboxylic acid groups (broad SMARTS) is 1. The van der Waals surface area contributed by atoms with E-state index in [1.807, 2.05) is 6.92 Å². The van der Waals surface area contributed by atoms with Crippen LogP contribution in [0.4, 0.5) is 0 Å². The van der Waals surface area contributed by atoms with Crippen LogP contribution in [0.3, 0.4) is 0 Å². The van der Waals surface area contributed by atoms with Crippen LogP contribution in [-0.4, -0.2) is 32.4 Å². The number of rotatable bonds is 4. The van der Waals surface area contributed by atoms with E-state index in [0.29, 0.717) is 12.6 Å². The van der Waals surface area contributed by atoms with Crippen LogP contribution in [0.5, 0.6) is 6.01 Å². The van der Waals surface area contributed by atoms with Crippen molar-refractivity contribution in [2.75, 3.05) is 6.61 Å². The van der Waals surface area contributed by atoms with Crippen molar-refractivity contribution < 1.29 is 14.6 Å². The minimum Gasteiger partial charge on any atom is -0.475 e. The second-order valence-electron chi connectivity index (χ2n) is 3.85. The number of hydrogen-bond donors (Lipinski definition) is 1. The lowest BCUT2D eigenvalue weighted by Crippen LogP contribution is -2.15. The minimum atomic E-state index is -1.05. The second-order valence-corrected chi connectivity index (χ2v) is 3.85. The molecule has 0 saturated heterocycles. The third-order valence-corrected chi connectivity index (χ3v) is 2.82. The molecule has 1 N–H and O–H groups in total. The Labute approximate surface area is 93.2 Å². The Morgan fingerprint density at radius 1 is 1.50 bits per heavy atom. The summed E-state index contributed by atoms with van der Waals surface area (Å²) in [7, 11) is 0. The normalized spacial score (nSPS) is 16.6. The van der Waals surface area contributed by atoms with E-state index in [4.69, 9.17) is 9.84 Å². The van der Waals surface area contributed by atoms with Crippen LogP contribution < -0.4 is 4.74 Å². The zero-order chi connectivity index (χ0) is 11.5. The molecule has 1 aliphatic carbocycles. The molecule has 0 radical (unpaired) electrons. The predicted octanol–water partition coefficient (Wildman–Crippen LogP) is 1.49. The van der Waals surface area contributed by atoms with Crippen LogP contribution >= 0.6 is 0 Å². The molecule has 0 spiro atoms. The zero-order valence-corrected chi connectivity index (χ0v) is 9.22. The quantitative estimate of drug-likeness (QED) is 0.840. The molecule has 88 valence electrons. The van der Waals surface area contributed by atoms with Crippen molar-refractivity contribution in [3.63, 3.8) is 0 Å². The van der Waals surface area contributed by atoms with Gasteiger partial charge in [0.15, 0.2) is 0 Å². The lowest BCUT2D eigenvalue weighted by molar-refractivity contribution is 0.0673. The number of aromatic carboxylic acids is 1. The molecule has 1 aromatic heterocycles. The fraction of sp³-hybridized carbons (Fsp3) is 0.700. The van der Waals surface area contributed by atoms with Crippen LogP contribution in [0.2, 0.25) is 0 Å². The van der Waals surface area contributed by atoms with Gasteiger partial charge >= 0.3 is 12.0 Å². The molecule has 1 fully saturated rings. The summed E-state index contributed by atoms with van der Waals surface area (Å²) >= 11 is 0. The number of carbonyl (C=O) groups is 1. The van der Waals surface area contributed by atoms with Crippen LogP contribution in [-0.2, 0) is 0 Å². The van der Waals surface area contributed by atoms with E-state index in [2.05, 4.69) is 10.2 Å².